The maximum absolute atomic E-state index is 11.4. The van der Waals surface area contributed by atoms with E-state index in [-0.39, 0.29) is 17.9 Å². The second kappa shape index (κ2) is 3.64. The van der Waals surface area contributed by atoms with Gasteiger partial charge in [-0.15, -0.1) is 0 Å². The third kappa shape index (κ3) is 1.54. The Kier molecular flexibility index (Phi) is 2.32. The first-order chi connectivity index (χ1) is 7.24. The van der Waals surface area contributed by atoms with Crippen LogP contribution in [0, 0.1) is 0 Å². The number of carbonyl (C=O) groups is 1. The van der Waals surface area contributed by atoms with Crippen LogP contribution in [-0.4, -0.2) is 29.9 Å². The van der Waals surface area contributed by atoms with Gasteiger partial charge in [0.25, 0.3) is 0 Å². The molecule has 2 heterocycles. The number of ether oxygens (including phenoxy) is 1. The summed E-state index contributed by atoms with van der Waals surface area (Å²) in [4.78, 5) is 15.3. The molecule has 0 fully saturated rings. The third-order valence-electron chi connectivity index (χ3n) is 2.03. The summed E-state index contributed by atoms with van der Waals surface area (Å²) in [6.45, 7) is 1.94. The maximum atomic E-state index is 11.4. The zero-order valence-electron chi connectivity index (χ0n) is 8.04. The fourth-order valence-electron chi connectivity index (χ4n) is 1.31. The number of nitrogens with zero attached hydrogens (tertiary/aromatic N) is 3. The molecule has 1 N–H and O–H groups in total. The summed E-state index contributed by atoms with van der Waals surface area (Å²) in [7, 11) is 0. The van der Waals surface area contributed by atoms with E-state index in [1.54, 1.807) is 6.92 Å². The zero-order chi connectivity index (χ0) is 10.8. The van der Waals surface area contributed by atoms with Crippen molar-refractivity contribution in [3.63, 3.8) is 0 Å². The molecule has 0 aromatic rings. The van der Waals surface area contributed by atoms with Crippen LogP contribution in [-0.2, 0) is 9.53 Å². The Morgan fingerprint density at radius 1 is 1.67 bits per heavy atom. The van der Waals surface area contributed by atoms with Crippen LogP contribution in [0.5, 0.6) is 0 Å². The van der Waals surface area contributed by atoms with Gasteiger partial charge in [0.15, 0.2) is 6.04 Å². The first-order valence-electron chi connectivity index (χ1n) is 4.48. The molecule has 2 rings (SSSR count). The summed E-state index contributed by atoms with van der Waals surface area (Å²) in [6.07, 6.45) is 2.71. The quantitative estimate of drug-likeness (QED) is 0.688. The Bertz CT molecular complexity index is 420. The number of azo groups is 1. The molecule has 1 unspecified atom stereocenters. The highest BCUT2D eigenvalue weighted by molar-refractivity contribution is 6.11. The molecular weight excluding hydrogens is 198 g/mol. The van der Waals surface area contributed by atoms with Gasteiger partial charge in [0.2, 0.25) is 0 Å². The number of esters is 1. The number of hydrogen-bond donors (Lipinski definition) is 1. The number of hydrogen-bond acceptors (Lipinski definition) is 6. The SMILES string of the molecule is CCOC(=O)C1=C(O)C2N=NC=C2N=C1. The van der Waals surface area contributed by atoms with E-state index in [1.807, 2.05) is 0 Å². The highest BCUT2D eigenvalue weighted by atomic mass is 16.5. The minimum atomic E-state index is -0.644. The van der Waals surface area contributed by atoms with Gasteiger partial charge in [-0.2, -0.15) is 10.2 Å². The number of aliphatic hydroxyl groups excluding tert-OH is 1. The molecule has 0 bridgehead atoms. The number of dihydropyridines is 1. The van der Waals surface area contributed by atoms with Crippen molar-refractivity contribution < 1.29 is 14.6 Å². The largest absolute Gasteiger partial charge is 0.509 e. The summed E-state index contributed by atoms with van der Waals surface area (Å²) in [6, 6.07) is -0.644. The molecule has 2 aliphatic rings. The molecule has 15 heavy (non-hydrogen) atoms. The van der Waals surface area contributed by atoms with Gasteiger partial charge < -0.3 is 9.84 Å². The van der Waals surface area contributed by atoms with Gasteiger partial charge in [0.1, 0.15) is 11.3 Å². The van der Waals surface area contributed by atoms with E-state index in [0.717, 1.165) is 0 Å². The minimum absolute atomic E-state index is 0.0415. The molecular formula is C9H9N3O3. The monoisotopic (exact) mass is 207 g/mol. The van der Waals surface area contributed by atoms with Crippen molar-refractivity contribution in [2.45, 2.75) is 13.0 Å². The molecule has 2 aliphatic heterocycles. The summed E-state index contributed by atoms with van der Waals surface area (Å²) in [5.74, 6) is -0.754. The number of aliphatic imine (C=N–C) groups is 1. The van der Waals surface area contributed by atoms with Gasteiger partial charge in [0, 0.05) is 6.21 Å². The van der Waals surface area contributed by atoms with E-state index < -0.39 is 12.0 Å². The fourth-order valence-corrected chi connectivity index (χ4v) is 1.31. The van der Waals surface area contributed by atoms with Crippen LogP contribution in [0.3, 0.4) is 0 Å². The lowest BCUT2D eigenvalue weighted by atomic mass is 10.1. The van der Waals surface area contributed by atoms with Crippen molar-refractivity contribution in [2.24, 2.45) is 15.2 Å². The van der Waals surface area contributed by atoms with E-state index in [9.17, 15) is 9.90 Å². The van der Waals surface area contributed by atoms with Crippen molar-refractivity contribution >= 4 is 12.2 Å². The summed E-state index contributed by atoms with van der Waals surface area (Å²) in [5, 5.41) is 17.1. The Hall–Kier alpha value is -1.98. The van der Waals surface area contributed by atoms with Crippen molar-refractivity contribution in [1.29, 1.82) is 0 Å². The highest BCUT2D eigenvalue weighted by Gasteiger charge is 2.30. The first-order valence-corrected chi connectivity index (χ1v) is 4.48. The van der Waals surface area contributed by atoms with Crippen molar-refractivity contribution in [3.8, 4) is 0 Å². The summed E-state index contributed by atoms with van der Waals surface area (Å²) in [5.41, 5.74) is 0.570. The van der Waals surface area contributed by atoms with Crippen LogP contribution in [0.1, 0.15) is 6.92 Å². The standard InChI is InChI=1S/C9H9N3O3/c1-2-15-9(14)5-3-10-6-4-11-12-7(6)8(5)13/h3-4,7,13H,2H2,1H3. The Labute approximate surface area is 85.7 Å². The van der Waals surface area contributed by atoms with Crippen molar-refractivity contribution in [2.75, 3.05) is 6.61 Å². The van der Waals surface area contributed by atoms with E-state index in [2.05, 4.69) is 15.2 Å². The predicted molar refractivity (Wildman–Crippen MR) is 51.5 cm³/mol. The molecule has 78 valence electrons. The topological polar surface area (TPSA) is 83.6 Å². The second-order valence-electron chi connectivity index (χ2n) is 2.97. The molecule has 6 nitrogen and oxygen atoms in total. The van der Waals surface area contributed by atoms with Gasteiger partial charge in [0.05, 0.1) is 18.5 Å². The molecule has 0 amide bonds. The van der Waals surface area contributed by atoms with Gasteiger partial charge in [-0.05, 0) is 6.92 Å². The Balaban J connectivity index is 2.30. The van der Waals surface area contributed by atoms with Gasteiger partial charge in [-0.25, -0.2) is 4.79 Å². The average Bonchev–Trinajstić information content (AvgIpc) is 2.67. The van der Waals surface area contributed by atoms with Crippen molar-refractivity contribution in [1.82, 2.24) is 0 Å². The normalized spacial score (nSPS) is 22.7. The highest BCUT2D eigenvalue weighted by Crippen LogP contribution is 2.27. The molecule has 0 saturated carbocycles. The lowest BCUT2D eigenvalue weighted by Gasteiger charge is -2.14. The molecule has 0 aliphatic carbocycles. The van der Waals surface area contributed by atoms with Gasteiger partial charge in [-0.3, -0.25) is 4.99 Å². The first kappa shape index (κ1) is 9.57. The van der Waals surface area contributed by atoms with Crippen LogP contribution in [0.2, 0.25) is 0 Å². The molecule has 0 radical (unpaired) electrons. The van der Waals surface area contributed by atoms with Gasteiger partial charge >= 0.3 is 5.97 Å². The molecule has 1 atom stereocenters. The van der Waals surface area contributed by atoms with E-state index in [1.165, 1.54) is 12.4 Å². The molecule has 0 aromatic heterocycles. The Morgan fingerprint density at radius 3 is 3.20 bits per heavy atom. The van der Waals surface area contributed by atoms with Crippen LogP contribution in [0.25, 0.3) is 0 Å². The number of fused-ring (bicyclic) bond motifs is 1. The zero-order valence-corrected chi connectivity index (χ0v) is 8.04. The van der Waals surface area contributed by atoms with Crippen molar-refractivity contribution in [3.05, 3.63) is 23.2 Å². The number of rotatable bonds is 2. The lowest BCUT2D eigenvalue weighted by Crippen LogP contribution is -2.21. The van der Waals surface area contributed by atoms with E-state index in [4.69, 9.17) is 4.74 Å². The van der Waals surface area contributed by atoms with Crippen LogP contribution in [0.4, 0.5) is 0 Å². The minimum Gasteiger partial charge on any atom is -0.509 e. The fraction of sp³-hybridized carbons (Fsp3) is 0.333. The Morgan fingerprint density at radius 2 is 2.47 bits per heavy atom. The average molecular weight is 207 g/mol. The second-order valence-corrected chi connectivity index (χ2v) is 2.97. The third-order valence-corrected chi connectivity index (χ3v) is 2.03. The predicted octanol–water partition coefficient (Wildman–Crippen LogP) is 1.12. The molecule has 0 aromatic carbocycles. The summed E-state index contributed by atoms with van der Waals surface area (Å²) >= 11 is 0. The molecule has 0 spiro atoms. The number of carbonyl (C=O) groups excluding carboxylic acids is 1. The smallest absolute Gasteiger partial charge is 0.343 e. The lowest BCUT2D eigenvalue weighted by molar-refractivity contribution is -0.138. The van der Waals surface area contributed by atoms with E-state index >= 15 is 0 Å². The van der Waals surface area contributed by atoms with Crippen LogP contribution < -0.4 is 0 Å². The van der Waals surface area contributed by atoms with Gasteiger partial charge in [-0.1, -0.05) is 0 Å². The molecule has 0 saturated heterocycles. The number of aliphatic hydroxyl groups is 1. The van der Waals surface area contributed by atoms with Crippen LogP contribution in [0.15, 0.2) is 38.5 Å². The van der Waals surface area contributed by atoms with E-state index in [0.29, 0.717) is 5.70 Å². The van der Waals surface area contributed by atoms with Crippen LogP contribution >= 0.6 is 0 Å². The summed E-state index contributed by atoms with van der Waals surface area (Å²) < 4.78 is 4.76. The molecule has 6 heteroatoms. The maximum Gasteiger partial charge on any atom is 0.343 e.